The second-order valence-electron chi connectivity index (χ2n) is 6.10. The fourth-order valence-corrected chi connectivity index (χ4v) is 4.51. The first-order valence-electron chi connectivity index (χ1n) is 8.24. The zero-order chi connectivity index (χ0) is 18.7. The van der Waals surface area contributed by atoms with Gasteiger partial charge in [0.1, 0.15) is 5.75 Å². The minimum absolute atomic E-state index is 0.0886. The van der Waals surface area contributed by atoms with Crippen LogP contribution >= 0.6 is 11.6 Å². The molecule has 0 spiro atoms. The number of phenols is 1. The number of nitrogens with zero attached hydrogens (tertiary/aromatic N) is 1. The van der Waals surface area contributed by atoms with E-state index in [2.05, 4.69) is 5.32 Å². The van der Waals surface area contributed by atoms with E-state index in [0.29, 0.717) is 18.1 Å². The molecule has 0 aliphatic carbocycles. The Morgan fingerprint density at radius 3 is 2.42 bits per heavy atom. The molecule has 1 fully saturated rings. The predicted molar refractivity (Wildman–Crippen MR) is 98.7 cm³/mol. The van der Waals surface area contributed by atoms with Crippen molar-refractivity contribution in [3.8, 4) is 5.75 Å². The van der Waals surface area contributed by atoms with E-state index in [0.717, 1.165) is 18.4 Å². The van der Waals surface area contributed by atoms with Gasteiger partial charge in [0, 0.05) is 24.7 Å². The van der Waals surface area contributed by atoms with E-state index < -0.39 is 15.9 Å². The number of nitrogens with one attached hydrogen (secondary N) is 1. The standard InChI is InChI=1S/C18H19ClN2O4S/c19-14-5-8-17(22)16(11-14)18(23)20-12-13-3-6-15(7-4-13)26(24,25)21-9-1-2-10-21/h3-8,11,22H,1-2,9-10,12H2,(H,20,23). The molecule has 138 valence electrons. The van der Waals surface area contributed by atoms with Crippen LogP contribution in [0.5, 0.6) is 5.75 Å². The third-order valence-electron chi connectivity index (χ3n) is 4.28. The minimum atomic E-state index is -3.44. The molecule has 0 unspecified atom stereocenters. The zero-order valence-electron chi connectivity index (χ0n) is 14.0. The normalized spacial score (nSPS) is 15.1. The second-order valence-corrected chi connectivity index (χ2v) is 8.47. The molecule has 3 rings (SSSR count). The molecule has 1 amide bonds. The van der Waals surface area contributed by atoms with Crippen molar-refractivity contribution in [1.82, 2.24) is 9.62 Å². The van der Waals surface area contributed by atoms with Crippen LogP contribution in [0.2, 0.25) is 5.02 Å². The van der Waals surface area contributed by atoms with E-state index in [1.807, 2.05) is 0 Å². The van der Waals surface area contributed by atoms with Gasteiger partial charge < -0.3 is 10.4 Å². The molecule has 0 bridgehead atoms. The fraction of sp³-hybridized carbons (Fsp3) is 0.278. The number of carbonyl (C=O) groups excluding carboxylic acids is 1. The topological polar surface area (TPSA) is 86.7 Å². The Morgan fingerprint density at radius 1 is 1.12 bits per heavy atom. The molecule has 2 N–H and O–H groups in total. The lowest BCUT2D eigenvalue weighted by Gasteiger charge is -2.15. The van der Waals surface area contributed by atoms with Crippen molar-refractivity contribution in [2.24, 2.45) is 0 Å². The quantitative estimate of drug-likeness (QED) is 0.816. The number of hydrogen-bond donors (Lipinski definition) is 2. The van der Waals surface area contributed by atoms with Gasteiger partial charge >= 0.3 is 0 Å². The summed E-state index contributed by atoms with van der Waals surface area (Å²) < 4.78 is 26.5. The van der Waals surface area contributed by atoms with Gasteiger partial charge in [-0.3, -0.25) is 4.79 Å². The van der Waals surface area contributed by atoms with Gasteiger partial charge in [-0.05, 0) is 48.7 Å². The van der Waals surface area contributed by atoms with E-state index >= 15 is 0 Å². The molecule has 0 aromatic heterocycles. The first kappa shape index (κ1) is 18.7. The Morgan fingerprint density at radius 2 is 1.77 bits per heavy atom. The van der Waals surface area contributed by atoms with E-state index in [-0.39, 0.29) is 22.8 Å². The molecule has 26 heavy (non-hydrogen) atoms. The smallest absolute Gasteiger partial charge is 0.255 e. The molecular weight excluding hydrogens is 376 g/mol. The van der Waals surface area contributed by atoms with E-state index in [4.69, 9.17) is 11.6 Å². The zero-order valence-corrected chi connectivity index (χ0v) is 15.6. The molecule has 0 atom stereocenters. The monoisotopic (exact) mass is 394 g/mol. The summed E-state index contributed by atoms with van der Waals surface area (Å²) in [6.07, 6.45) is 1.78. The highest BCUT2D eigenvalue weighted by molar-refractivity contribution is 7.89. The van der Waals surface area contributed by atoms with Crippen molar-refractivity contribution in [2.45, 2.75) is 24.3 Å². The number of sulfonamides is 1. The maximum Gasteiger partial charge on any atom is 0.255 e. The lowest BCUT2D eigenvalue weighted by molar-refractivity contribution is 0.0948. The van der Waals surface area contributed by atoms with Crippen LogP contribution in [0.4, 0.5) is 0 Å². The lowest BCUT2D eigenvalue weighted by atomic mass is 10.1. The summed E-state index contributed by atoms with van der Waals surface area (Å²) in [6, 6.07) is 10.7. The predicted octanol–water partition coefficient (Wildman–Crippen LogP) is 2.76. The highest BCUT2D eigenvalue weighted by atomic mass is 35.5. The third-order valence-corrected chi connectivity index (χ3v) is 6.43. The van der Waals surface area contributed by atoms with Crippen LogP contribution in [0.1, 0.15) is 28.8 Å². The van der Waals surface area contributed by atoms with Crippen LogP contribution in [0, 0.1) is 0 Å². The van der Waals surface area contributed by atoms with E-state index in [1.54, 1.807) is 24.3 Å². The Hall–Kier alpha value is -2.09. The molecular formula is C18H19ClN2O4S. The molecule has 1 aliphatic heterocycles. The average Bonchev–Trinajstić information content (AvgIpc) is 3.17. The third kappa shape index (κ3) is 4.00. The summed E-state index contributed by atoms with van der Waals surface area (Å²) >= 11 is 5.84. The maximum atomic E-state index is 12.5. The second kappa shape index (κ2) is 7.65. The van der Waals surface area contributed by atoms with Crippen LogP contribution in [0.15, 0.2) is 47.4 Å². The van der Waals surface area contributed by atoms with Gasteiger partial charge in [-0.1, -0.05) is 23.7 Å². The van der Waals surface area contributed by atoms with Crippen molar-refractivity contribution in [1.29, 1.82) is 0 Å². The van der Waals surface area contributed by atoms with Gasteiger partial charge in [0.05, 0.1) is 10.5 Å². The van der Waals surface area contributed by atoms with Crippen molar-refractivity contribution in [3.63, 3.8) is 0 Å². The van der Waals surface area contributed by atoms with Gasteiger partial charge in [-0.15, -0.1) is 0 Å². The molecule has 1 heterocycles. The largest absolute Gasteiger partial charge is 0.507 e. The number of hydrogen-bond acceptors (Lipinski definition) is 4. The van der Waals surface area contributed by atoms with Gasteiger partial charge in [0.15, 0.2) is 0 Å². The molecule has 1 saturated heterocycles. The number of halogens is 1. The highest BCUT2D eigenvalue weighted by Gasteiger charge is 2.26. The molecule has 1 aliphatic rings. The molecule has 8 heteroatoms. The first-order chi connectivity index (χ1) is 12.4. The number of amides is 1. The SMILES string of the molecule is O=C(NCc1ccc(S(=O)(=O)N2CCCC2)cc1)c1cc(Cl)ccc1O. The Bertz CT molecular complexity index is 907. The van der Waals surface area contributed by atoms with Gasteiger partial charge in [0.25, 0.3) is 5.91 Å². The molecule has 6 nitrogen and oxygen atoms in total. The van der Waals surface area contributed by atoms with Crippen LogP contribution in [0.25, 0.3) is 0 Å². The molecule has 0 saturated carbocycles. The maximum absolute atomic E-state index is 12.5. The van der Waals surface area contributed by atoms with Gasteiger partial charge in [-0.25, -0.2) is 8.42 Å². The highest BCUT2D eigenvalue weighted by Crippen LogP contribution is 2.22. The Balaban J connectivity index is 1.66. The number of phenolic OH excluding ortho intramolecular Hbond substituents is 1. The van der Waals surface area contributed by atoms with Gasteiger partial charge in [0.2, 0.25) is 10.0 Å². The summed E-state index contributed by atoms with van der Waals surface area (Å²) in [7, 11) is -3.44. The van der Waals surface area contributed by atoms with Crippen molar-refractivity contribution in [2.75, 3.05) is 13.1 Å². The van der Waals surface area contributed by atoms with Crippen molar-refractivity contribution in [3.05, 3.63) is 58.6 Å². The summed E-state index contributed by atoms with van der Waals surface area (Å²) in [5.74, 6) is -0.613. The van der Waals surface area contributed by atoms with Crippen molar-refractivity contribution >= 4 is 27.5 Å². The van der Waals surface area contributed by atoms with E-state index in [9.17, 15) is 18.3 Å². The fourth-order valence-electron chi connectivity index (χ4n) is 2.82. The number of aromatic hydroxyl groups is 1. The average molecular weight is 395 g/mol. The van der Waals surface area contributed by atoms with Crippen molar-refractivity contribution < 1.29 is 18.3 Å². The summed E-state index contributed by atoms with van der Waals surface area (Å²) in [5.41, 5.74) is 0.839. The Kier molecular flexibility index (Phi) is 5.50. The van der Waals surface area contributed by atoms with Crippen LogP contribution in [-0.4, -0.2) is 36.8 Å². The van der Waals surface area contributed by atoms with Gasteiger partial charge in [-0.2, -0.15) is 4.31 Å². The summed E-state index contributed by atoms with van der Waals surface area (Å²) in [6.45, 7) is 1.32. The molecule has 2 aromatic carbocycles. The van der Waals surface area contributed by atoms with Crippen LogP contribution in [0.3, 0.4) is 0 Å². The summed E-state index contributed by atoms with van der Waals surface area (Å²) in [4.78, 5) is 12.4. The van der Waals surface area contributed by atoms with Crippen LogP contribution in [-0.2, 0) is 16.6 Å². The lowest BCUT2D eigenvalue weighted by Crippen LogP contribution is -2.28. The molecule has 0 radical (unpaired) electrons. The summed E-state index contributed by atoms with van der Waals surface area (Å²) in [5, 5.41) is 12.8. The first-order valence-corrected chi connectivity index (χ1v) is 10.1. The number of rotatable bonds is 5. The van der Waals surface area contributed by atoms with E-state index in [1.165, 1.54) is 22.5 Å². The molecule has 2 aromatic rings. The number of benzene rings is 2. The van der Waals surface area contributed by atoms with Crippen LogP contribution < -0.4 is 5.32 Å². The Labute approximate surface area is 157 Å². The number of carbonyl (C=O) groups is 1. The minimum Gasteiger partial charge on any atom is -0.507 e.